The third-order valence-corrected chi connectivity index (χ3v) is 3.46. The van der Waals surface area contributed by atoms with Gasteiger partial charge in [-0.25, -0.2) is 0 Å². The van der Waals surface area contributed by atoms with Crippen molar-refractivity contribution >= 4 is 11.0 Å². The van der Waals surface area contributed by atoms with E-state index < -0.39 is 45.1 Å². The van der Waals surface area contributed by atoms with Crippen LogP contribution in [-0.2, 0) is 0 Å². The highest BCUT2D eigenvalue weighted by Crippen LogP contribution is 2.39. The Labute approximate surface area is 133 Å². The molecule has 0 atom stereocenters. The van der Waals surface area contributed by atoms with E-state index in [0.717, 1.165) is 18.2 Å². The zero-order valence-electron chi connectivity index (χ0n) is 11.8. The lowest BCUT2D eigenvalue weighted by atomic mass is 10.1. The summed E-state index contributed by atoms with van der Waals surface area (Å²) in [6, 6.07) is 5.96. The van der Waals surface area contributed by atoms with Crippen molar-refractivity contribution in [3.63, 3.8) is 0 Å². The van der Waals surface area contributed by atoms with Crippen molar-refractivity contribution in [1.29, 1.82) is 5.26 Å². The van der Waals surface area contributed by atoms with E-state index >= 15 is 0 Å². The topological polar surface area (TPSA) is 155 Å². The van der Waals surface area contributed by atoms with E-state index in [1.54, 1.807) is 0 Å². The van der Waals surface area contributed by atoms with Gasteiger partial charge in [-0.1, -0.05) is 0 Å². The van der Waals surface area contributed by atoms with E-state index in [1.165, 1.54) is 12.1 Å². The number of fused-ring (bicyclic) bond motifs is 1. The Kier molecular flexibility index (Phi) is 3.20. The highest BCUT2D eigenvalue weighted by molar-refractivity contribution is 5.91. The van der Waals surface area contributed by atoms with Crippen LogP contribution in [0.4, 0.5) is 0 Å². The predicted octanol–water partition coefficient (Wildman–Crippen LogP) is 1.86. The van der Waals surface area contributed by atoms with E-state index in [-0.39, 0.29) is 16.9 Å². The van der Waals surface area contributed by atoms with Gasteiger partial charge < -0.3 is 29.9 Å². The van der Waals surface area contributed by atoms with Gasteiger partial charge in [0, 0.05) is 11.6 Å². The number of aromatic hydroxyl groups is 5. The van der Waals surface area contributed by atoms with E-state index in [2.05, 4.69) is 0 Å². The number of phenolic OH excluding ortho intramolecular Hbond substituents is 4. The molecule has 1 aromatic heterocycles. The molecule has 0 spiro atoms. The van der Waals surface area contributed by atoms with Crippen molar-refractivity contribution in [2.45, 2.75) is 0 Å². The standard InChI is InChI=1S/C16H9NO7/c17-5-7-9(19)4-11-12(13(7)21)14(22)15(23)16(24-11)6-1-2-8(18)10(20)3-6/h1-4,18-21,23H. The fraction of sp³-hybridized carbons (Fsp3) is 0. The minimum absolute atomic E-state index is 0.0742. The molecule has 0 amide bonds. The molecule has 0 radical (unpaired) electrons. The molecule has 0 aliphatic carbocycles. The fourth-order valence-corrected chi connectivity index (χ4v) is 2.28. The van der Waals surface area contributed by atoms with Crippen LogP contribution >= 0.6 is 0 Å². The first-order valence-electron chi connectivity index (χ1n) is 6.52. The molecule has 0 saturated heterocycles. The molecule has 8 heteroatoms. The van der Waals surface area contributed by atoms with Gasteiger partial charge in [-0.3, -0.25) is 4.79 Å². The summed E-state index contributed by atoms with van der Waals surface area (Å²) in [5.41, 5.74) is -1.74. The summed E-state index contributed by atoms with van der Waals surface area (Å²) in [5.74, 6) is -3.52. The van der Waals surface area contributed by atoms with Crippen molar-refractivity contribution in [1.82, 2.24) is 0 Å². The van der Waals surface area contributed by atoms with Gasteiger partial charge in [0.2, 0.25) is 11.2 Å². The predicted molar refractivity (Wildman–Crippen MR) is 81.0 cm³/mol. The molecule has 0 saturated carbocycles. The van der Waals surface area contributed by atoms with Gasteiger partial charge in [-0.05, 0) is 18.2 Å². The second kappa shape index (κ2) is 5.10. The lowest BCUT2D eigenvalue weighted by Crippen LogP contribution is -2.03. The van der Waals surface area contributed by atoms with Crippen LogP contribution in [0.25, 0.3) is 22.3 Å². The highest BCUT2D eigenvalue weighted by atomic mass is 16.4. The Morgan fingerprint density at radius 1 is 0.917 bits per heavy atom. The molecule has 1 heterocycles. The van der Waals surface area contributed by atoms with Crippen molar-refractivity contribution in [3.05, 3.63) is 40.1 Å². The molecule has 3 rings (SSSR count). The zero-order chi connectivity index (χ0) is 17.6. The summed E-state index contributed by atoms with van der Waals surface area (Å²) in [6.45, 7) is 0. The Bertz CT molecular complexity index is 1090. The minimum Gasteiger partial charge on any atom is -0.506 e. The van der Waals surface area contributed by atoms with Crippen molar-refractivity contribution < 1.29 is 29.9 Å². The minimum atomic E-state index is -1.02. The third-order valence-electron chi connectivity index (χ3n) is 3.46. The van der Waals surface area contributed by atoms with Crippen LogP contribution in [0.1, 0.15) is 5.56 Å². The molecule has 0 fully saturated rings. The molecule has 0 aliphatic rings. The molecule has 0 aliphatic heterocycles. The first-order valence-corrected chi connectivity index (χ1v) is 6.52. The number of phenols is 4. The van der Waals surface area contributed by atoms with Crippen LogP contribution in [0, 0.1) is 11.3 Å². The molecule has 3 aromatic rings. The Morgan fingerprint density at radius 3 is 2.25 bits per heavy atom. The number of rotatable bonds is 1. The summed E-state index contributed by atoms with van der Waals surface area (Å²) in [4.78, 5) is 12.3. The van der Waals surface area contributed by atoms with Gasteiger partial charge in [0.25, 0.3) is 0 Å². The first kappa shape index (κ1) is 15.1. The highest BCUT2D eigenvalue weighted by Gasteiger charge is 2.22. The number of benzene rings is 2. The van der Waals surface area contributed by atoms with Crippen molar-refractivity contribution in [2.24, 2.45) is 0 Å². The Balaban J connectivity index is 2.41. The lowest BCUT2D eigenvalue weighted by molar-refractivity contribution is 0.403. The van der Waals surface area contributed by atoms with E-state index in [0.29, 0.717) is 0 Å². The average Bonchev–Trinajstić information content (AvgIpc) is 2.53. The summed E-state index contributed by atoms with van der Waals surface area (Å²) in [6.07, 6.45) is 0. The van der Waals surface area contributed by atoms with Gasteiger partial charge in [0.15, 0.2) is 23.0 Å². The number of hydrogen-bond donors (Lipinski definition) is 5. The van der Waals surface area contributed by atoms with E-state index in [9.17, 15) is 30.3 Å². The Morgan fingerprint density at radius 2 is 1.62 bits per heavy atom. The van der Waals surface area contributed by atoms with E-state index in [1.807, 2.05) is 0 Å². The summed E-state index contributed by atoms with van der Waals surface area (Å²) < 4.78 is 5.34. The van der Waals surface area contributed by atoms with Crippen LogP contribution in [0.2, 0.25) is 0 Å². The van der Waals surface area contributed by atoms with Crippen LogP contribution < -0.4 is 5.43 Å². The largest absolute Gasteiger partial charge is 0.506 e. The molecule has 2 aromatic carbocycles. The summed E-state index contributed by atoms with van der Waals surface area (Å²) >= 11 is 0. The summed E-state index contributed by atoms with van der Waals surface area (Å²) in [7, 11) is 0. The van der Waals surface area contributed by atoms with Crippen molar-refractivity contribution in [2.75, 3.05) is 0 Å². The maximum Gasteiger partial charge on any atom is 0.238 e. The molecular weight excluding hydrogens is 318 g/mol. The zero-order valence-corrected chi connectivity index (χ0v) is 11.8. The van der Waals surface area contributed by atoms with Gasteiger partial charge in [0.1, 0.15) is 28.4 Å². The van der Waals surface area contributed by atoms with Crippen LogP contribution in [0.3, 0.4) is 0 Å². The fourth-order valence-electron chi connectivity index (χ4n) is 2.28. The van der Waals surface area contributed by atoms with Gasteiger partial charge in [-0.2, -0.15) is 5.26 Å². The number of hydrogen-bond acceptors (Lipinski definition) is 8. The van der Waals surface area contributed by atoms with Crippen LogP contribution in [-0.4, -0.2) is 25.5 Å². The number of nitriles is 1. The molecule has 5 N–H and O–H groups in total. The quantitative estimate of drug-likeness (QED) is 0.424. The molecule has 120 valence electrons. The SMILES string of the molecule is N#Cc1c(O)cc2oc(-c3ccc(O)c(O)c3)c(O)c(=O)c2c1O. The normalized spacial score (nSPS) is 10.6. The second-order valence-electron chi connectivity index (χ2n) is 4.92. The lowest BCUT2D eigenvalue weighted by Gasteiger charge is -2.09. The maximum absolute atomic E-state index is 12.3. The summed E-state index contributed by atoms with van der Waals surface area (Å²) in [5, 5.41) is 57.0. The second-order valence-corrected chi connectivity index (χ2v) is 4.92. The Hall–Kier alpha value is -3.86. The molecular formula is C16H9NO7. The van der Waals surface area contributed by atoms with Crippen LogP contribution in [0.15, 0.2) is 33.5 Å². The monoisotopic (exact) mass is 327 g/mol. The van der Waals surface area contributed by atoms with E-state index in [4.69, 9.17) is 9.68 Å². The van der Waals surface area contributed by atoms with Gasteiger partial charge >= 0.3 is 0 Å². The van der Waals surface area contributed by atoms with Crippen molar-refractivity contribution in [3.8, 4) is 46.1 Å². The first-order chi connectivity index (χ1) is 11.3. The smallest absolute Gasteiger partial charge is 0.238 e. The molecule has 0 unspecified atom stereocenters. The third kappa shape index (κ3) is 2.04. The average molecular weight is 327 g/mol. The maximum atomic E-state index is 12.3. The molecule has 8 nitrogen and oxygen atoms in total. The van der Waals surface area contributed by atoms with Gasteiger partial charge in [-0.15, -0.1) is 0 Å². The number of nitrogens with zero attached hydrogens (tertiary/aromatic N) is 1. The van der Waals surface area contributed by atoms with Gasteiger partial charge in [0.05, 0.1) is 0 Å². The van der Waals surface area contributed by atoms with Crippen LogP contribution in [0.5, 0.6) is 28.7 Å². The molecule has 24 heavy (non-hydrogen) atoms. The molecule has 0 bridgehead atoms.